The Balaban J connectivity index is 1.76. The van der Waals surface area contributed by atoms with Gasteiger partial charge in [0, 0.05) is 6.04 Å². The van der Waals surface area contributed by atoms with Gasteiger partial charge >= 0.3 is 0 Å². The van der Waals surface area contributed by atoms with Crippen molar-refractivity contribution in [2.75, 3.05) is 6.67 Å². The van der Waals surface area contributed by atoms with Crippen LogP contribution in [0.1, 0.15) is 30.7 Å². The van der Waals surface area contributed by atoms with Crippen LogP contribution >= 0.6 is 0 Å². The van der Waals surface area contributed by atoms with E-state index in [1.54, 1.807) is 0 Å². The van der Waals surface area contributed by atoms with Gasteiger partial charge in [-0.1, -0.05) is 30.3 Å². The largest absolute Gasteiger partial charge is 0.343 e. The molecule has 1 heterocycles. The highest BCUT2D eigenvalue weighted by Gasteiger charge is 2.37. The lowest BCUT2D eigenvalue weighted by Crippen LogP contribution is -2.56. The molecule has 1 saturated carbocycles. The van der Waals surface area contributed by atoms with E-state index in [4.69, 9.17) is 0 Å². The first-order valence-electron chi connectivity index (χ1n) is 6.40. The Morgan fingerprint density at radius 2 is 1.94 bits per heavy atom. The zero-order chi connectivity index (χ0) is 11.7. The predicted octanol–water partition coefficient (Wildman–Crippen LogP) is 1.62. The maximum absolute atomic E-state index is 11.9. The monoisotopic (exact) mass is 230 g/mol. The van der Waals surface area contributed by atoms with Gasteiger partial charge in [0.2, 0.25) is 5.91 Å². The van der Waals surface area contributed by atoms with Crippen molar-refractivity contribution in [3.8, 4) is 0 Å². The number of nitrogens with one attached hydrogen (secondary N) is 2. The lowest BCUT2D eigenvalue weighted by Gasteiger charge is -2.39. The van der Waals surface area contributed by atoms with Gasteiger partial charge in [0.25, 0.3) is 0 Å². The molecule has 3 rings (SSSR count). The van der Waals surface area contributed by atoms with E-state index >= 15 is 0 Å². The highest BCUT2D eigenvalue weighted by atomic mass is 16.2. The summed E-state index contributed by atoms with van der Waals surface area (Å²) < 4.78 is 0. The number of hydrogen-bond donors (Lipinski definition) is 2. The number of fused-ring (bicyclic) bond motifs is 1. The summed E-state index contributed by atoms with van der Waals surface area (Å²) in [5.74, 6) is 0.931. The summed E-state index contributed by atoms with van der Waals surface area (Å²) in [6, 6.07) is 11.0. The lowest BCUT2D eigenvalue weighted by molar-refractivity contribution is -0.129. The molecule has 2 fully saturated rings. The highest BCUT2D eigenvalue weighted by molar-refractivity contribution is 5.80. The van der Waals surface area contributed by atoms with Crippen LogP contribution in [0.15, 0.2) is 30.3 Å². The topological polar surface area (TPSA) is 41.1 Å². The minimum absolute atomic E-state index is 0.155. The van der Waals surface area contributed by atoms with Crippen LogP contribution in [0.4, 0.5) is 0 Å². The molecule has 17 heavy (non-hydrogen) atoms. The number of carbonyl (C=O) groups excluding carboxylic acids is 1. The van der Waals surface area contributed by atoms with Crippen LogP contribution in [-0.4, -0.2) is 18.6 Å². The van der Waals surface area contributed by atoms with Crippen molar-refractivity contribution < 1.29 is 4.79 Å². The molecule has 3 atom stereocenters. The molecule has 3 nitrogen and oxygen atoms in total. The first-order valence-corrected chi connectivity index (χ1v) is 6.40. The summed E-state index contributed by atoms with van der Waals surface area (Å²) >= 11 is 0. The molecule has 0 radical (unpaired) electrons. The molecule has 0 spiro atoms. The minimum Gasteiger partial charge on any atom is -0.343 e. The molecule has 3 heteroatoms. The second kappa shape index (κ2) is 4.49. The van der Waals surface area contributed by atoms with Gasteiger partial charge in [-0.15, -0.1) is 0 Å². The molecule has 2 N–H and O–H groups in total. The Hall–Kier alpha value is -1.35. The normalized spacial score (nSPS) is 32.7. The van der Waals surface area contributed by atoms with E-state index in [0.29, 0.717) is 18.6 Å². The summed E-state index contributed by atoms with van der Waals surface area (Å²) in [6.07, 6.45) is 3.27. The van der Waals surface area contributed by atoms with Gasteiger partial charge in [-0.05, 0) is 30.7 Å². The molecule has 1 amide bonds. The van der Waals surface area contributed by atoms with Crippen molar-refractivity contribution in [3.05, 3.63) is 35.9 Å². The molecule has 1 aromatic carbocycles. The van der Waals surface area contributed by atoms with Crippen molar-refractivity contribution in [2.45, 2.75) is 31.2 Å². The number of benzene rings is 1. The predicted molar refractivity (Wildman–Crippen MR) is 66.5 cm³/mol. The van der Waals surface area contributed by atoms with Crippen molar-refractivity contribution in [1.29, 1.82) is 0 Å². The Morgan fingerprint density at radius 3 is 2.76 bits per heavy atom. The van der Waals surface area contributed by atoms with Gasteiger partial charge in [0.05, 0.1) is 12.6 Å². The summed E-state index contributed by atoms with van der Waals surface area (Å²) in [5, 5.41) is 6.29. The van der Waals surface area contributed by atoms with E-state index in [9.17, 15) is 4.79 Å². The Kier molecular flexibility index (Phi) is 2.85. The van der Waals surface area contributed by atoms with E-state index in [-0.39, 0.29) is 11.8 Å². The van der Waals surface area contributed by atoms with E-state index in [1.807, 2.05) is 6.07 Å². The summed E-state index contributed by atoms with van der Waals surface area (Å²) in [5.41, 5.74) is 1.38. The minimum atomic E-state index is 0.155. The molecule has 90 valence electrons. The molecular weight excluding hydrogens is 212 g/mol. The van der Waals surface area contributed by atoms with Crippen molar-refractivity contribution >= 4 is 5.91 Å². The van der Waals surface area contributed by atoms with Crippen molar-refractivity contribution in [2.24, 2.45) is 5.92 Å². The maximum atomic E-state index is 11.9. The number of amides is 1. The fourth-order valence-electron chi connectivity index (χ4n) is 3.13. The van der Waals surface area contributed by atoms with Gasteiger partial charge in [-0.3, -0.25) is 10.1 Å². The number of carbonyl (C=O) groups is 1. The summed E-state index contributed by atoms with van der Waals surface area (Å²) in [4.78, 5) is 11.9. The van der Waals surface area contributed by atoms with Gasteiger partial charge in [0.15, 0.2) is 0 Å². The second-order valence-corrected chi connectivity index (χ2v) is 5.06. The van der Waals surface area contributed by atoms with E-state index < -0.39 is 0 Å². The number of hydrogen-bond acceptors (Lipinski definition) is 2. The van der Waals surface area contributed by atoms with Crippen LogP contribution in [0.25, 0.3) is 0 Å². The maximum Gasteiger partial charge on any atom is 0.225 e. The van der Waals surface area contributed by atoms with E-state index in [1.165, 1.54) is 12.0 Å². The first-order chi connectivity index (χ1) is 8.34. The molecule has 0 bridgehead atoms. The van der Waals surface area contributed by atoms with Gasteiger partial charge in [-0.25, -0.2) is 0 Å². The quantitative estimate of drug-likeness (QED) is 0.769. The molecular formula is C14H18N2O. The number of rotatable bonds is 1. The van der Waals surface area contributed by atoms with Crippen LogP contribution in [0.5, 0.6) is 0 Å². The SMILES string of the molecule is O=C1NCNC2CCC(c3ccccc3)CC12. The van der Waals surface area contributed by atoms with E-state index in [0.717, 1.165) is 12.8 Å². The molecule has 1 aliphatic carbocycles. The van der Waals surface area contributed by atoms with Crippen LogP contribution in [0.3, 0.4) is 0 Å². The van der Waals surface area contributed by atoms with Crippen LogP contribution in [-0.2, 0) is 4.79 Å². The highest BCUT2D eigenvalue weighted by Crippen LogP contribution is 2.37. The van der Waals surface area contributed by atoms with Crippen LogP contribution < -0.4 is 10.6 Å². The molecule has 3 unspecified atom stereocenters. The molecule has 1 saturated heterocycles. The van der Waals surface area contributed by atoms with Crippen LogP contribution in [0, 0.1) is 5.92 Å². The Bertz CT molecular complexity index is 404. The zero-order valence-electron chi connectivity index (χ0n) is 9.86. The van der Waals surface area contributed by atoms with Crippen molar-refractivity contribution in [1.82, 2.24) is 10.6 Å². The average molecular weight is 230 g/mol. The Morgan fingerprint density at radius 1 is 1.12 bits per heavy atom. The fourth-order valence-corrected chi connectivity index (χ4v) is 3.13. The van der Waals surface area contributed by atoms with Gasteiger partial charge in [-0.2, -0.15) is 0 Å². The van der Waals surface area contributed by atoms with Crippen LogP contribution in [0.2, 0.25) is 0 Å². The second-order valence-electron chi connectivity index (χ2n) is 5.06. The zero-order valence-corrected chi connectivity index (χ0v) is 9.86. The molecule has 2 aliphatic rings. The molecule has 0 aromatic heterocycles. The fraction of sp³-hybridized carbons (Fsp3) is 0.500. The smallest absolute Gasteiger partial charge is 0.225 e. The molecule has 1 aliphatic heterocycles. The third-order valence-electron chi connectivity index (χ3n) is 4.08. The van der Waals surface area contributed by atoms with Gasteiger partial charge < -0.3 is 5.32 Å². The third-order valence-corrected chi connectivity index (χ3v) is 4.08. The summed E-state index contributed by atoms with van der Waals surface area (Å²) in [7, 11) is 0. The average Bonchev–Trinajstić information content (AvgIpc) is 2.40. The lowest BCUT2D eigenvalue weighted by atomic mass is 9.74. The third kappa shape index (κ3) is 2.07. The van der Waals surface area contributed by atoms with Gasteiger partial charge in [0.1, 0.15) is 0 Å². The van der Waals surface area contributed by atoms with E-state index in [2.05, 4.69) is 34.9 Å². The van der Waals surface area contributed by atoms with Crippen molar-refractivity contribution in [3.63, 3.8) is 0 Å². The first kappa shape index (κ1) is 10.8. The Labute approximate surface area is 102 Å². The summed E-state index contributed by atoms with van der Waals surface area (Å²) in [6.45, 7) is 0.635. The standard InChI is InChI=1S/C14H18N2O/c17-14-12-8-11(10-4-2-1-3-5-10)6-7-13(12)15-9-16-14/h1-5,11-13,15H,6-9H2,(H,16,17). The molecule has 1 aromatic rings.